The molecule has 0 amide bonds. The molecule has 1 aromatic heterocycles. The Morgan fingerprint density at radius 3 is 2.47 bits per heavy atom. The predicted molar refractivity (Wildman–Crippen MR) is 61.9 cm³/mol. The number of halogens is 1. The Bertz CT molecular complexity index is 448. The molecular formula is C13H13ClN+. The second-order valence-corrected chi connectivity index (χ2v) is 4.02. The first-order valence-corrected chi connectivity index (χ1v) is 5.33. The van der Waals surface area contributed by atoms with Gasteiger partial charge in [0.05, 0.1) is 0 Å². The van der Waals surface area contributed by atoms with E-state index in [0.29, 0.717) is 0 Å². The lowest BCUT2D eigenvalue weighted by atomic mass is 10.1. The van der Waals surface area contributed by atoms with Crippen LogP contribution < -0.4 is 4.57 Å². The summed E-state index contributed by atoms with van der Waals surface area (Å²) >= 11 is 6.07. The summed E-state index contributed by atoms with van der Waals surface area (Å²) in [4.78, 5) is 0. The summed E-state index contributed by atoms with van der Waals surface area (Å²) in [6.07, 6.45) is 1.99. The molecule has 0 bridgehead atoms. The standard InChI is InChI=1S/C13H13ClN/c1-11-5-7-12(8-6-11)10-15-9-3-2-4-13(15)14/h2-9H,10H2,1H3/q+1. The van der Waals surface area contributed by atoms with Crippen LogP contribution in [-0.2, 0) is 6.54 Å². The van der Waals surface area contributed by atoms with Gasteiger partial charge >= 0.3 is 0 Å². The van der Waals surface area contributed by atoms with E-state index >= 15 is 0 Å². The number of rotatable bonds is 2. The molecule has 2 rings (SSSR count). The zero-order valence-corrected chi connectivity index (χ0v) is 9.41. The van der Waals surface area contributed by atoms with Crippen LogP contribution >= 0.6 is 11.6 Å². The van der Waals surface area contributed by atoms with Crippen molar-refractivity contribution < 1.29 is 4.57 Å². The maximum absolute atomic E-state index is 6.07. The van der Waals surface area contributed by atoms with Gasteiger partial charge in [0.25, 0.3) is 5.15 Å². The van der Waals surface area contributed by atoms with Crippen molar-refractivity contribution >= 4 is 11.6 Å². The van der Waals surface area contributed by atoms with Crippen LogP contribution in [0.3, 0.4) is 0 Å². The molecule has 0 fully saturated rings. The van der Waals surface area contributed by atoms with Crippen molar-refractivity contribution in [3.63, 3.8) is 0 Å². The first-order chi connectivity index (χ1) is 7.25. The largest absolute Gasteiger partial charge is 0.275 e. The van der Waals surface area contributed by atoms with Crippen molar-refractivity contribution in [1.82, 2.24) is 0 Å². The molecule has 0 aliphatic heterocycles. The van der Waals surface area contributed by atoms with Gasteiger partial charge in [-0.2, -0.15) is 4.57 Å². The number of aryl methyl sites for hydroxylation is 1. The number of benzene rings is 1. The van der Waals surface area contributed by atoms with E-state index < -0.39 is 0 Å². The van der Waals surface area contributed by atoms with Crippen molar-refractivity contribution in [2.75, 3.05) is 0 Å². The molecule has 0 radical (unpaired) electrons. The lowest BCUT2D eigenvalue weighted by Gasteiger charge is -1.99. The van der Waals surface area contributed by atoms with E-state index in [-0.39, 0.29) is 0 Å². The van der Waals surface area contributed by atoms with Crippen LogP contribution in [0.1, 0.15) is 11.1 Å². The summed E-state index contributed by atoms with van der Waals surface area (Å²) in [7, 11) is 0. The molecule has 1 aromatic carbocycles. The van der Waals surface area contributed by atoms with Gasteiger partial charge < -0.3 is 0 Å². The zero-order valence-electron chi connectivity index (χ0n) is 8.65. The summed E-state index contributed by atoms with van der Waals surface area (Å²) in [6, 6.07) is 14.3. The van der Waals surface area contributed by atoms with Crippen LogP contribution in [-0.4, -0.2) is 0 Å². The predicted octanol–water partition coefficient (Wildman–Crippen LogP) is 2.98. The molecule has 15 heavy (non-hydrogen) atoms. The molecule has 0 saturated carbocycles. The van der Waals surface area contributed by atoms with E-state index in [2.05, 4.69) is 31.2 Å². The second kappa shape index (κ2) is 4.45. The lowest BCUT2D eigenvalue weighted by Crippen LogP contribution is -2.34. The molecule has 1 heterocycles. The number of aromatic nitrogens is 1. The Morgan fingerprint density at radius 1 is 1.07 bits per heavy atom. The molecule has 0 atom stereocenters. The zero-order chi connectivity index (χ0) is 10.7. The maximum Gasteiger partial charge on any atom is 0.275 e. The van der Waals surface area contributed by atoms with Gasteiger partial charge in [-0.15, -0.1) is 0 Å². The number of pyridine rings is 1. The molecular weight excluding hydrogens is 206 g/mol. The third kappa shape index (κ3) is 2.57. The average Bonchev–Trinajstić information content (AvgIpc) is 2.25. The quantitative estimate of drug-likeness (QED) is 0.539. The van der Waals surface area contributed by atoms with Crippen molar-refractivity contribution in [3.05, 3.63) is 64.9 Å². The van der Waals surface area contributed by atoms with Crippen LogP contribution in [0.15, 0.2) is 48.7 Å². The summed E-state index contributed by atoms with van der Waals surface area (Å²) in [6.45, 7) is 2.91. The summed E-state index contributed by atoms with van der Waals surface area (Å²) in [5, 5.41) is 0.762. The van der Waals surface area contributed by atoms with Crippen molar-refractivity contribution in [2.45, 2.75) is 13.5 Å². The highest BCUT2D eigenvalue weighted by Crippen LogP contribution is 2.05. The van der Waals surface area contributed by atoms with Crippen molar-refractivity contribution in [2.24, 2.45) is 0 Å². The molecule has 1 nitrogen and oxygen atoms in total. The van der Waals surface area contributed by atoms with Crippen LogP contribution in [0.2, 0.25) is 5.15 Å². The molecule has 0 unspecified atom stereocenters. The Balaban J connectivity index is 2.22. The first kappa shape index (κ1) is 10.2. The molecule has 76 valence electrons. The molecule has 2 heteroatoms. The minimum Gasteiger partial charge on any atom is -0.184 e. The minimum absolute atomic E-state index is 0.762. The Morgan fingerprint density at radius 2 is 1.80 bits per heavy atom. The molecule has 0 aliphatic carbocycles. The van der Waals surface area contributed by atoms with Crippen molar-refractivity contribution in [1.29, 1.82) is 0 Å². The van der Waals surface area contributed by atoms with E-state index in [1.807, 2.05) is 29.0 Å². The molecule has 0 N–H and O–H groups in total. The lowest BCUT2D eigenvalue weighted by molar-refractivity contribution is -0.686. The van der Waals surface area contributed by atoms with Gasteiger partial charge in [-0.25, -0.2) is 0 Å². The fourth-order valence-electron chi connectivity index (χ4n) is 1.47. The molecule has 0 spiro atoms. The van der Waals surface area contributed by atoms with Gasteiger partial charge in [0.1, 0.15) is 0 Å². The third-order valence-corrected chi connectivity index (χ3v) is 2.70. The molecule has 0 aliphatic rings. The Labute approximate surface area is 95.0 Å². The van der Waals surface area contributed by atoms with Gasteiger partial charge in [0.2, 0.25) is 0 Å². The van der Waals surface area contributed by atoms with Gasteiger partial charge in [0.15, 0.2) is 12.7 Å². The summed E-state index contributed by atoms with van der Waals surface area (Å²) < 4.78 is 2.02. The first-order valence-electron chi connectivity index (χ1n) is 4.95. The highest BCUT2D eigenvalue weighted by atomic mass is 35.5. The topological polar surface area (TPSA) is 3.88 Å². The maximum atomic E-state index is 6.07. The van der Waals surface area contributed by atoms with E-state index in [9.17, 15) is 0 Å². The fourth-order valence-corrected chi connectivity index (χ4v) is 1.66. The minimum atomic E-state index is 0.762. The van der Waals surface area contributed by atoms with Crippen LogP contribution in [0, 0.1) is 6.92 Å². The van der Waals surface area contributed by atoms with E-state index in [1.165, 1.54) is 11.1 Å². The fraction of sp³-hybridized carbons (Fsp3) is 0.154. The summed E-state index contributed by atoms with van der Waals surface area (Å²) in [5.74, 6) is 0. The van der Waals surface area contributed by atoms with E-state index in [4.69, 9.17) is 11.6 Å². The third-order valence-electron chi connectivity index (χ3n) is 2.36. The van der Waals surface area contributed by atoms with Gasteiger partial charge in [-0.1, -0.05) is 29.8 Å². The van der Waals surface area contributed by atoms with E-state index in [1.54, 1.807) is 0 Å². The number of hydrogen-bond acceptors (Lipinski definition) is 0. The number of hydrogen-bond donors (Lipinski definition) is 0. The Kier molecular flexibility index (Phi) is 3.02. The van der Waals surface area contributed by atoms with Gasteiger partial charge in [-0.3, -0.25) is 0 Å². The van der Waals surface area contributed by atoms with Gasteiger partial charge in [0, 0.05) is 17.7 Å². The number of nitrogens with zero attached hydrogens (tertiary/aromatic N) is 1. The normalized spacial score (nSPS) is 10.3. The average molecular weight is 219 g/mol. The monoisotopic (exact) mass is 218 g/mol. The Hall–Kier alpha value is -1.34. The van der Waals surface area contributed by atoms with Crippen LogP contribution in [0.5, 0.6) is 0 Å². The van der Waals surface area contributed by atoms with Crippen LogP contribution in [0.25, 0.3) is 0 Å². The molecule has 2 aromatic rings. The molecule has 0 saturated heterocycles. The summed E-state index contributed by atoms with van der Waals surface area (Å²) in [5.41, 5.74) is 2.54. The highest BCUT2D eigenvalue weighted by Gasteiger charge is 2.06. The highest BCUT2D eigenvalue weighted by molar-refractivity contribution is 6.28. The SMILES string of the molecule is Cc1ccc(C[n+]2ccccc2Cl)cc1. The smallest absolute Gasteiger partial charge is 0.184 e. The van der Waals surface area contributed by atoms with Gasteiger partial charge in [-0.05, 0) is 24.6 Å². The van der Waals surface area contributed by atoms with Crippen molar-refractivity contribution in [3.8, 4) is 0 Å². The van der Waals surface area contributed by atoms with E-state index in [0.717, 1.165) is 11.7 Å². The second-order valence-electron chi connectivity index (χ2n) is 3.64. The van der Waals surface area contributed by atoms with Crippen LogP contribution in [0.4, 0.5) is 0 Å².